The molecule has 0 radical (unpaired) electrons. The minimum Gasteiger partial charge on any atom is -0.444 e. The predicted molar refractivity (Wildman–Crippen MR) is 95.8 cm³/mol. The second-order valence-electron chi connectivity index (χ2n) is 8.18. The standard InChI is InChI=1S/C18H37N3O2/c1-14(19-13-15(2)20(6)7)12-16-10-8-9-11-21(16)17(22)23-18(3,4)5/h14-16,19H,8-13H2,1-7H3. The lowest BCUT2D eigenvalue weighted by molar-refractivity contribution is 0.00786. The second-order valence-corrected chi connectivity index (χ2v) is 8.18. The molecule has 136 valence electrons. The van der Waals surface area contributed by atoms with Crippen molar-refractivity contribution in [2.24, 2.45) is 0 Å². The molecule has 0 spiro atoms. The van der Waals surface area contributed by atoms with Crippen LogP contribution < -0.4 is 5.32 Å². The topological polar surface area (TPSA) is 44.8 Å². The predicted octanol–water partition coefficient (Wildman–Crippen LogP) is 3.09. The van der Waals surface area contributed by atoms with E-state index in [9.17, 15) is 4.79 Å². The van der Waals surface area contributed by atoms with Gasteiger partial charge in [-0.25, -0.2) is 4.79 Å². The quantitative estimate of drug-likeness (QED) is 0.814. The fourth-order valence-corrected chi connectivity index (χ4v) is 2.85. The molecule has 3 atom stereocenters. The molecule has 1 aliphatic rings. The SMILES string of the molecule is CC(CC1CCCCN1C(=O)OC(C)(C)C)NCC(C)N(C)C. The van der Waals surface area contributed by atoms with Gasteiger partial charge in [0.2, 0.25) is 0 Å². The van der Waals surface area contributed by atoms with Crippen LogP contribution in [0.15, 0.2) is 0 Å². The summed E-state index contributed by atoms with van der Waals surface area (Å²) in [7, 11) is 4.20. The molecule has 1 aliphatic heterocycles. The van der Waals surface area contributed by atoms with Crippen LogP contribution in [0, 0.1) is 0 Å². The largest absolute Gasteiger partial charge is 0.444 e. The molecule has 0 bridgehead atoms. The summed E-state index contributed by atoms with van der Waals surface area (Å²) in [6, 6.07) is 1.19. The van der Waals surface area contributed by atoms with Gasteiger partial charge < -0.3 is 19.9 Å². The van der Waals surface area contributed by atoms with Gasteiger partial charge in [0.1, 0.15) is 5.60 Å². The average molecular weight is 328 g/mol. The third-order valence-electron chi connectivity index (χ3n) is 4.52. The van der Waals surface area contributed by atoms with Crippen molar-refractivity contribution in [2.75, 3.05) is 27.2 Å². The van der Waals surface area contributed by atoms with Gasteiger partial charge in [-0.3, -0.25) is 0 Å². The summed E-state index contributed by atoms with van der Waals surface area (Å²) in [4.78, 5) is 16.6. The summed E-state index contributed by atoms with van der Waals surface area (Å²) >= 11 is 0. The molecule has 0 aliphatic carbocycles. The molecule has 1 amide bonds. The number of amides is 1. The Balaban J connectivity index is 2.52. The van der Waals surface area contributed by atoms with E-state index < -0.39 is 5.60 Å². The van der Waals surface area contributed by atoms with Crippen LogP contribution in [-0.4, -0.2) is 66.8 Å². The first-order chi connectivity index (χ1) is 10.6. The Morgan fingerprint density at radius 3 is 2.52 bits per heavy atom. The van der Waals surface area contributed by atoms with Crippen molar-refractivity contribution in [3.05, 3.63) is 0 Å². The van der Waals surface area contributed by atoms with Crippen LogP contribution in [0.25, 0.3) is 0 Å². The summed E-state index contributed by atoms with van der Waals surface area (Å²) in [5.41, 5.74) is -0.426. The van der Waals surface area contributed by atoms with Gasteiger partial charge >= 0.3 is 6.09 Å². The molecule has 0 aromatic carbocycles. The third kappa shape index (κ3) is 7.53. The highest BCUT2D eigenvalue weighted by atomic mass is 16.6. The molecule has 0 saturated carbocycles. The van der Waals surface area contributed by atoms with Crippen molar-refractivity contribution in [2.45, 2.75) is 84.0 Å². The monoisotopic (exact) mass is 327 g/mol. The highest BCUT2D eigenvalue weighted by Crippen LogP contribution is 2.23. The summed E-state index contributed by atoms with van der Waals surface area (Å²) in [6.07, 6.45) is 4.18. The molecule has 0 aromatic rings. The average Bonchev–Trinajstić information content (AvgIpc) is 2.43. The summed E-state index contributed by atoms with van der Waals surface area (Å²) in [6.45, 7) is 12.0. The fraction of sp³-hybridized carbons (Fsp3) is 0.944. The Labute approximate surface area is 142 Å². The number of hydrogen-bond donors (Lipinski definition) is 1. The molecule has 1 fully saturated rings. The van der Waals surface area contributed by atoms with Gasteiger partial charge in [-0.15, -0.1) is 0 Å². The number of rotatable bonds is 6. The second kappa shape index (κ2) is 8.88. The summed E-state index contributed by atoms with van der Waals surface area (Å²) in [5, 5.41) is 3.60. The van der Waals surface area contributed by atoms with E-state index >= 15 is 0 Å². The molecular weight excluding hydrogens is 290 g/mol. The highest BCUT2D eigenvalue weighted by Gasteiger charge is 2.31. The number of nitrogens with zero attached hydrogens (tertiary/aromatic N) is 2. The van der Waals surface area contributed by atoms with Crippen LogP contribution in [0.4, 0.5) is 4.79 Å². The number of ether oxygens (including phenoxy) is 1. The summed E-state index contributed by atoms with van der Waals surface area (Å²) < 4.78 is 5.58. The van der Waals surface area contributed by atoms with Crippen LogP contribution in [0.2, 0.25) is 0 Å². The van der Waals surface area contributed by atoms with E-state index in [-0.39, 0.29) is 12.1 Å². The fourth-order valence-electron chi connectivity index (χ4n) is 2.85. The minimum absolute atomic E-state index is 0.156. The van der Waals surface area contributed by atoms with Gasteiger partial charge in [-0.2, -0.15) is 0 Å². The van der Waals surface area contributed by atoms with E-state index in [1.807, 2.05) is 25.7 Å². The highest BCUT2D eigenvalue weighted by molar-refractivity contribution is 5.68. The Morgan fingerprint density at radius 2 is 1.96 bits per heavy atom. The van der Waals surface area contributed by atoms with Crippen LogP contribution in [0.5, 0.6) is 0 Å². The lowest BCUT2D eigenvalue weighted by atomic mass is 9.96. The third-order valence-corrected chi connectivity index (χ3v) is 4.52. The molecule has 3 unspecified atom stereocenters. The zero-order valence-corrected chi connectivity index (χ0v) is 16.2. The number of likely N-dealkylation sites (tertiary alicyclic amines) is 1. The lowest BCUT2D eigenvalue weighted by Crippen LogP contribution is -2.49. The van der Waals surface area contributed by atoms with Gasteiger partial charge in [0, 0.05) is 31.2 Å². The van der Waals surface area contributed by atoms with E-state index in [2.05, 4.69) is 38.2 Å². The Kier molecular flexibility index (Phi) is 7.81. The van der Waals surface area contributed by atoms with Crippen molar-refractivity contribution in [1.29, 1.82) is 0 Å². The molecule has 5 heteroatoms. The van der Waals surface area contributed by atoms with Gasteiger partial charge in [-0.05, 0) is 74.4 Å². The first-order valence-electron chi connectivity index (χ1n) is 8.99. The van der Waals surface area contributed by atoms with Crippen LogP contribution >= 0.6 is 0 Å². The van der Waals surface area contributed by atoms with Crippen molar-refractivity contribution in [3.63, 3.8) is 0 Å². The number of carbonyl (C=O) groups is 1. The number of carbonyl (C=O) groups excluding carboxylic acids is 1. The van der Waals surface area contributed by atoms with Crippen LogP contribution in [-0.2, 0) is 4.74 Å². The number of piperidine rings is 1. The Morgan fingerprint density at radius 1 is 1.30 bits per heavy atom. The van der Waals surface area contributed by atoms with E-state index in [4.69, 9.17) is 4.74 Å². The van der Waals surface area contributed by atoms with Crippen molar-refractivity contribution in [3.8, 4) is 0 Å². The molecule has 1 saturated heterocycles. The minimum atomic E-state index is -0.426. The maximum Gasteiger partial charge on any atom is 0.410 e. The Bertz CT molecular complexity index is 366. The van der Waals surface area contributed by atoms with Crippen molar-refractivity contribution < 1.29 is 9.53 Å². The van der Waals surface area contributed by atoms with Gasteiger partial charge in [0.05, 0.1) is 0 Å². The molecule has 0 aromatic heterocycles. The number of likely N-dealkylation sites (N-methyl/N-ethyl adjacent to an activating group) is 1. The van der Waals surface area contributed by atoms with E-state index in [0.29, 0.717) is 12.1 Å². The zero-order chi connectivity index (χ0) is 17.6. The lowest BCUT2D eigenvalue weighted by Gasteiger charge is -2.38. The van der Waals surface area contributed by atoms with E-state index in [0.717, 1.165) is 32.4 Å². The molecule has 1 heterocycles. The van der Waals surface area contributed by atoms with Crippen molar-refractivity contribution >= 4 is 6.09 Å². The van der Waals surface area contributed by atoms with E-state index in [1.54, 1.807) is 0 Å². The first-order valence-corrected chi connectivity index (χ1v) is 8.99. The molecule has 5 nitrogen and oxygen atoms in total. The first kappa shape index (κ1) is 20.2. The van der Waals surface area contributed by atoms with Gasteiger partial charge in [0.15, 0.2) is 0 Å². The zero-order valence-electron chi connectivity index (χ0n) is 16.2. The molecular formula is C18H37N3O2. The smallest absolute Gasteiger partial charge is 0.410 e. The van der Waals surface area contributed by atoms with Gasteiger partial charge in [0.25, 0.3) is 0 Å². The molecule has 1 rings (SSSR count). The van der Waals surface area contributed by atoms with Crippen LogP contribution in [0.3, 0.4) is 0 Å². The van der Waals surface area contributed by atoms with Crippen LogP contribution in [0.1, 0.15) is 60.3 Å². The van der Waals surface area contributed by atoms with Crippen molar-refractivity contribution in [1.82, 2.24) is 15.1 Å². The summed E-state index contributed by atoms with van der Waals surface area (Å²) in [5.74, 6) is 0. The number of nitrogens with one attached hydrogen (secondary N) is 1. The Hall–Kier alpha value is -0.810. The maximum absolute atomic E-state index is 12.4. The maximum atomic E-state index is 12.4. The molecule has 1 N–H and O–H groups in total. The van der Waals surface area contributed by atoms with E-state index in [1.165, 1.54) is 6.42 Å². The normalized spacial score (nSPS) is 22.1. The molecule has 23 heavy (non-hydrogen) atoms. The number of hydrogen-bond acceptors (Lipinski definition) is 4. The van der Waals surface area contributed by atoms with Gasteiger partial charge in [-0.1, -0.05) is 0 Å².